The summed E-state index contributed by atoms with van der Waals surface area (Å²) in [5.41, 5.74) is 2.54. The number of rotatable bonds is 5. The van der Waals surface area contributed by atoms with Crippen molar-refractivity contribution in [2.45, 2.75) is 19.1 Å². The lowest BCUT2D eigenvalue weighted by Gasteiger charge is -2.29. The van der Waals surface area contributed by atoms with Crippen molar-refractivity contribution >= 4 is 33.3 Å². The molecule has 1 aliphatic heterocycles. The number of aliphatic imine (C=N–C) groups is 1. The molecule has 1 atom stereocenters. The topological polar surface area (TPSA) is 77.0 Å². The number of fused-ring (bicyclic) bond motifs is 2. The van der Waals surface area contributed by atoms with Gasteiger partial charge in [-0.1, -0.05) is 42.5 Å². The van der Waals surface area contributed by atoms with Gasteiger partial charge in [-0.05, 0) is 35.1 Å². The molecule has 3 aromatic rings. The predicted molar refractivity (Wildman–Crippen MR) is 122 cm³/mol. The lowest BCUT2D eigenvalue weighted by molar-refractivity contribution is -0.130. The maximum atomic E-state index is 12.6. The number of hydrogen-bond donors (Lipinski definition) is 3. The van der Waals surface area contributed by atoms with Crippen LogP contribution in [-0.2, 0) is 17.8 Å². The first-order valence-electron chi connectivity index (χ1n) is 10.1. The zero-order valence-electron chi connectivity index (χ0n) is 17.0. The van der Waals surface area contributed by atoms with Gasteiger partial charge in [0, 0.05) is 36.3 Å². The largest absolute Gasteiger partial charge is 0.386 e. The van der Waals surface area contributed by atoms with Crippen molar-refractivity contribution < 1.29 is 9.90 Å². The van der Waals surface area contributed by atoms with E-state index in [1.165, 1.54) is 11.1 Å². The van der Waals surface area contributed by atoms with E-state index in [-0.39, 0.29) is 12.5 Å². The van der Waals surface area contributed by atoms with E-state index in [0.29, 0.717) is 19.0 Å². The highest BCUT2D eigenvalue weighted by Crippen LogP contribution is 2.29. The van der Waals surface area contributed by atoms with Crippen molar-refractivity contribution in [2.75, 3.05) is 26.7 Å². The number of thiophene rings is 1. The highest BCUT2D eigenvalue weighted by molar-refractivity contribution is 7.19. The number of nitrogens with zero attached hydrogens (tertiary/aromatic N) is 2. The van der Waals surface area contributed by atoms with Gasteiger partial charge in [-0.2, -0.15) is 0 Å². The SMILES string of the molecule is CN=C(NCC(=O)N1CCc2ccccc2C1)NCC(O)c1cc2ccccc2s1. The van der Waals surface area contributed by atoms with E-state index in [2.05, 4.69) is 33.8 Å². The van der Waals surface area contributed by atoms with E-state index < -0.39 is 6.10 Å². The molecule has 0 radical (unpaired) electrons. The Morgan fingerprint density at radius 1 is 1.17 bits per heavy atom. The first-order valence-corrected chi connectivity index (χ1v) is 10.9. The molecule has 0 spiro atoms. The molecule has 1 amide bonds. The summed E-state index contributed by atoms with van der Waals surface area (Å²) in [7, 11) is 1.66. The average molecular weight is 423 g/mol. The highest BCUT2D eigenvalue weighted by Gasteiger charge is 2.20. The molecule has 1 aromatic heterocycles. The van der Waals surface area contributed by atoms with Crippen molar-refractivity contribution in [2.24, 2.45) is 4.99 Å². The third kappa shape index (κ3) is 4.63. The predicted octanol–water partition coefficient (Wildman–Crippen LogP) is 2.68. The molecule has 156 valence electrons. The minimum atomic E-state index is -0.643. The Hall–Kier alpha value is -2.90. The van der Waals surface area contributed by atoms with Crippen LogP contribution in [0.5, 0.6) is 0 Å². The van der Waals surface area contributed by atoms with Crippen LogP contribution in [0.25, 0.3) is 10.1 Å². The smallest absolute Gasteiger partial charge is 0.242 e. The minimum absolute atomic E-state index is 0.0394. The molecule has 4 rings (SSSR count). The molecule has 7 heteroatoms. The Balaban J connectivity index is 1.27. The van der Waals surface area contributed by atoms with Crippen molar-refractivity contribution in [3.63, 3.8) is 0 Å². The number of nitrogens with one attached hydrogen (secondary N) is 2. The van der Waals surface area contributed by atoms with Gasteiger partial charge < -0.3 is 20.6 Å². The van der Waals surface area contributed by atoms with Gasteiger partial charge >= 0.3 is 0 Å². The van der Waals surface area contributed by atoms with Gasteiger partial charge in [-0.15, -0.1) is 11.3 Å². The first kappa shape index (κ1) is 20.4. The number of aliphatic hydroxyl groups excluding tert-OH is 1. The molecule has 1 unspecified atom stereocenters. The maximum Gasteiger partial charge on any atom is 0.242 e. The standard InChI is InChI=1S/C23H26N4O2S/c1-24-23(25-13-19(28)21-12-17-7-4-5-9-20(17)30-21)26-14-22(29)27-11-10-16-6-2-3-8-18(16)15-27/h2-9,12,19,28H,10-11,13-15H2,1H3,(H2,24,25,26). The maximum absolute atomic E-state index is 12.6. The van der Waals surface area contributed by atoms with Crippen molar-refractivity contribution in [3.05, 3.63) is 70.6 Å². The second-order valence-corrected chi connectivity index (χ2v) is 8.46. The summed E-state index contributed by atoms with van der Waals surface area (Å²) in [6.45, 7) is 1.86. The lowest BCUT2D eigenvalue weighted by Crippen LogP contribution is -2.46. The summed E-state index contributed by atoms with van der Waals surface area (Å²) in [5, 5.41) is 17.8. The second-order valence-electron chi connectivity index (χ2n) is 7.34. The molecule has 30 heavy (non-hydrogen) atoms. The third-order valence-corrected chi connectivity index (χ3v) is 6.57. The summed E-state index contributed by atoms with van der Waals surface area (Å²) >= 11 is 1.59. The number of hydrogen-bond acceptors (Lipinski definition) is 4. The normalized spacial score (nSPS) is 15.0. The summed E-state index contributed by atoms with van der Waals surface area (Å²) in [4.78, 5) is 19.6. The fraction of sp³-hybridized carbons (Fsp3) is 0.304. The molecule has 0 fully saturated rings. The van der Waals surface area contributed by atoms with E-state index in [9.17, 15) is 9.90 Å². The summed E-state index contributed by atoms with van der Waals surface area (Å²) in [5.74, 6) is 0.540. The number of amides is 1. The minimum Gasteiger partial charge on any atom is -0.386 e. The van der Waals surface area contributed by atoms with Crippen molar-refractivity contribution in [1.82, 2.24) is 15.5 Å². The van der Waals surface area contributed by atoms with Gasteiger partial charge in [0.2, 0.25) is 5.91 Å². The molecule has 6 nitrogen and oxygen atoms in total. The van der Waals surface area contributed by atoms with Crippen molar-refractivity contribution in [3.8, 4) is 0 Å². The Morgan fingerprint density at radius 2 is 1.93 bits per heavy atom. The van der Waals surface area contributed by atoms with Gasteiger partial charge in [0.1, 0.15) is 6.10 Å². The third-order valence-electron chi connectivity index (χ3n) is 5.35. The van der Waals surface area contributed by atoms with Gasteiger partial charge in [-0.25, -0.2) is 0 Å². The molecule has 2 aromatic carbocycles. The molecule has 0 aliphatic carbocycles. The first-order chi connectivity index (χ1) is 14.6. The number of carbonyl (C=O) groups excluding carboxylic acids is 1. The van der Waals surface area contributed by atoms with E-state index >= 15 is 0 Å². The average Bonchev–Trinajstić information content (AvgIpc) is 3.23. The van der Waals surface area contributed by atoms with Crippen LogP contribution < -0.4 is 10.6 Å². The summed E-state index contributed by atoms with van der Waals surface area (Å²) in [6, 6.07) is 18.4. The number of guanidine groups is 1. The Morgan fingerprint density at radius 3 is 2.73 bits per heavy atom. The van der Waals surface area contributed by atoms with Crippen LogP contribution in [0.2, 0.25) is 0 Å². The van der Waals surface area contributed by atoms with Gasteiger partial charge in [0.05, 0.1) is 6.54 Å². The van der Waals surface area contributed by atoms with E-state index in [4.69, 9.17) is 0 Å². The molecule has 0 bridgehead atoms. The molecule has 0 saturated carbocycles. The molecule has 0 saturated heterocycles. The van der Waals surface area contributed by atoms with Crippen LogP contribution in [0.15, 0.2) is 59.6 Å². The van der Waals surface area contributed by atoms with E-state index in [1.54, 1.807) is 18.4 Å². The molecule has 2 heterocycles. The molecular weight excluding hydrogens is 396 g/mol. The molecular formula is C23H26N4O2S. The van der Waals surface area contributed by atoms with Crippen LogP contribution >= 0.6 is 11.3 Å². The number of aliphatic hydroxyl groups is 1. The highest BCUT2D eigenvalue weighted by atomic mass is 32.1. The monoisotopic (exact) mass is 422 g/mol. The van der Waals surface area contributed by atoms with Crippen LogP contribution in [0.4, 0.5) is 0 Å². The van der Waals surface area contributed by atoms with E-state index in [0.717, 1.165) is 27.9 Å². The Labute approximate surface area is 180 Å². The summed E-state index contributed by atoms with van der Waals surface area (Å²) < 4.78 is 1.16. The number of carbonyl (C=O) groups is 1. The van der Waals surface area contributed by atoms with Gasteiger partial charge in [-0.3, -0.25) is 9.79 Å². The van der Waals surface area contributed by atoms with Crippen LogP contribution in [0.3, 0.4) is 0 Å². The van der Waals surface area contributed by atoms with Gasteiger partial charge in [0.15, 0.2) is 5.96 Å². The quantitative estimate of drug-likeness (QED) is 0.436. The van der Waals surface area contributed by atoms with Crippen LogP contribution in [0.1, 0.15) is 22.1 Å². The van der Waals surface area contributed by atoms with Crippen LogP contribution in [-0.4, -0.2) is 48.6 Å². The zero-order chi connectivity index (χ0) is 20.9. The Bertz CT molecular complexity index is 1030. The zero-order valence-corrected chi connectivity index (χ0v) is 17.8. The molecule has 3 N–H and O–H groups in total. The van der Waals surface area contributed by atoms with Gasteiger partial charge in [0.25, 0.3) is 0 Å². The fourth-order valence-electron chi connectivity index (χ4n) is 3.66. The second kappa shape index (κ2) is 9.28. The lowest BCUT2D eigenvalue weighted by atomic mass is 10.00. The Kier molecular flexibility index (Phi) is 6.30. The summed E-state index contributed by atoms with van der Waals surface area (Å²) in [6.07, 6.45) is 0.242. The van der Waals surface area contributed by atoms with Crippen LogP contribution in [0, 0.1) is 0 Å². The molecule has 1 aliphatic rings. The fourth-order valence-corrected chi connectivity index (χ4v) is 4.71. The number of benzene rings is 2. The van der Waals surface area contributed by atoms with Crippen molar-refractivity contribution in [1.29, 1.82) is 0 Å². The van der Waals surface area contributed by atoms with E-state index in [1.807, 2.05) is 41.3 Å².